The Bertz CT molecular complexity index is 1250. The van der Waals surface area contributed by atoms with Crippen LogP contribution in [0.1, 0.15) is 24.1 Å². The standard InChI is InChI=1S/C19H13F3N4O4S2/c1-10(13-4-11(7-23)2-3-14(13)20)25-12-5-15(21)18(16(22)6-12)30-19(27)26(32(28)29)17-8-31-9-24-17/h2-6,8-10,25,32H,1H3. The number of carbonyl (C=O) groups excluding carboxylic acids is 1. The van der Waals surface area contributed by atoms with Gasteiger partial charge in [0.05, 0.1) is 23.2 Å². The number of thiazole rings is 1. The average molecular weight is 482 g/mol. The molecule has 1 N–H and O–H groups in total. The Morgan fingerprint density at radius 1 is 1.22 bits per heavy atom. The van der Waals surface area contributed by atoms with Gasteiger partial charge in [0.2, 0.25) is 16.6 Å². The van der Waals surface area contributed by atoms with Gasteiger partial charge in [0.25, 0.3) is 0 Å². The van der Waals surface area contributed by atoms with Gasteiger partial charge in [0, 0.05) is 28.8 Å². The molecule has 166 valence electrons. The van der Waals surface area contributed by atoms with Crippen LogP contribution in [-0.2, 0) is 10.9 Å². The summed E-state index contributed by atoms with van der Waals surface area (Å²) < 4.78 is 70.5. The summed E-state index contributed by atoms with van der Waals surface area (Å²) in [5.74, 6) is -4.64. The van der Waals surface area contributed by atoms with Gasteiger partial charge in [0.1, 0.15) is 5.82 Å². The number of halogens is 3. The Morgan fingerprint density at radius 2 is 1.91 bits per heavy atom. The summed E-state index contributed by atoms with van der Waals surface area (Å²) in [6, 6.07) is 6.36. The molecule has 1 heterocycles. The summed E-state index contributed by atoms with van der Waals surface area (Å²) in [4.78, 5) is 15.8. The average Bonchev–Trinajstić information content (AvgIpc) is 3.25. The maximum atomic E-state index is 14.5. The van der Waals surface area contributed by atoms with Gasteiger partial charge in [-0.15, -0.1) is 11.3 Å². The van der Waals surface area contributed by atoms with Crippen molar-refractivity contribution in [3.05, 3.63) is 69.8 Å². The van der Waals surface area contributed by atoms with E-state index in [0.717, 1.165) is 29.5 Å². The van der Waals surface area contributed by atoms with Crippen molar-refractivity contribution in [1.29, 1.82) is 5.26 Å². The molecule has 0 fully saturated rings. The molecule has 0 saturated carbocycles. The lowest BCUT2D eigenvalue weighted by Gasteiger charge is -2.18. The predicted molar refractivity (Wildman–Crippen MR) is 110 cm³/mol. The minimum Gasteiger partial charge on any atom is -0.403 e. The molecule has 13 heteroatoms. The normalized spacial score (nSPS) is 11.6. The second-order valence-corrected chi connectivity index (χ2v) is 7.84. The fourth-order valence-corrected chi connectivity index (χ4v) is 3.75. The van der Waals surface area contributed by atoms with Crippen molar-refractivity contribution >= 4 is 39.8 Å². The van der Waals surface area contributed by atoms with Crippen LogP contribution in [0, 0.1) is 28.8 Å². The number of rotatable bonds is 6. The molecular weight excluding hydrogens is 469 g/mol. The molecule has 3 aromatic rings. The van der Waals surface area contributed by atoms with Crippen LogP contribution in [0.15, 0.2) is 41.2 Å². The third-order valence-electron chi connectivity index (χ3n) is 4.13. The molecule has 2 aromatic carbocycles. The number of nitriles is 1. The lowest BCUT2D eigenvalue weighted by atomic mass is 10.0. The van der Waals surface area contributed by atoms with Crippen LogP contribution in [0.3, 0.4) is 0 Å². The number of nitrogens with zero attached hydrogens (tertiary/aromatic N) is 3. The molecule has 0 spiro atoms. The maximum Gasteiger partial charge on any atom is 0.435 e. The number of benzene rings is 2. The summed E-state index contributed by atoms with van der Waals surface area (Å²) in [7, 11) is -3.53. The molecule has 1 unspecified atom stereocenters. The Kier molecular flexibility index (Phi) is 6.96. The third-order valence-corrected chi connectivity index (χ3v) is 5.40. The number of aromatic nitrogens is 1. The van der Waals surface area contributed by atoms with Gasteiger partial charge >= 0.3 is 6.09 Å². The molecule has 0 bridgehead atoms. The van der Waals surface area contributed by atoms with Crippen molar-refractivity contribution < 1.29 is 31.1 Å². The summed E-state index contributed by atoms with van der Waals surface area (Å²) in [5, 5.41) is 12.9. The SMILES string of the molecule is CC(Nc1cc(F)c(OC(=O)N(c2cscn2)[SH](=O)=O)c(F)c1)c1cc(C#N)ccc1F. The minimum atomic E-state index is -3.53. The van der Waals surface area contributed by atoms with Crippen LogP contribution >= 0.6 is 11.3 Å². The van der Waals surface area contributed by atoms with E-state index in [9.17, 15) is 26.4 Å². The fourth-order valence-electron chi connectivity index (χ4n) is 2.70. The molecule has 0 radical (unpaired) electrons. The zero-order chi connectivity index (χ0) is 23.4. The lowest BCUT2D eigenvalue weighted by Crippen LogP contribution is -2.32. The number of thiol groups is 1. The lowest BCUT2D eigenvalue weighted by molar-refractivity contribution is 0.207. The second kappa shape index (κ2) is 9.67. The molecule has 0 aliphatic rings. The minimum absolute atomic E-state index is 0.0959. The van der Waals surface area contributed by atoms with Crippen molar-refractivity contribution in [2.45, 2.75) is 13.0 Å². The van der Waals surface area contributed by atoms with Gasteiger partial charge in [0.15, 0.2) is 17.5 Å². The number of hydrogen-bond donors (Lipinski definition) is 2. The topological polar surface area (TPSA) is 112 Å². The molecule has 1 atom stereocenters. The molecule has 1 amide bonds. The van der Waals surface area contributed by atoms with E-state index in [1.54, 1.807) is 0 Å². The van der Waals surface area contributed by atoms with Gasteiger partial charge in [-0.1, -0.05) is 0 Å². The molecular formula is C19H13F3N4O4S2. The second-order valence-electron chi connectivity index (χ2n) is 6.25. The number of ether oxygens (including phenoxy) is 1. The Hall–Kier alpha value is -3.63. The van der Waals surface area contributed by atoms with Gasteiger partial charge in [-0.25, -0.2) is 31.4 Å². The van der Waals surface area contributed by atoms with Crippen LogP contribution in [0.2, 0.25) is 0 Å². The highest BCUT2D eigenvalue weighted by Gasteiger charge is 2.26. The number of anilines is 2. The highest BCUT2D eigenvalue weighted by molar-refractivity contribution is 7.75. The largest absolute Gasteiger partial charge is 0.435 e. The van der Waals surface area contributed by atoms with Crippen molar-refractivity contribution in [1.82, 2.24) is 4.98 Å². The van der Waals surface area contributed by atoms with E-state index in [1.807, 2.05) is 6.07 Å². The van der Waals surface area contributed by atoms with Crippen LogP contribution in [0.4, 0.5) is 29.5 Å². The van der Waals surface area contributed by atoms with E-state index >= 15 is 0 Å². The number of carbonyl (C=O) groups is 1. The summed E-state index contributed by atoms with van der Waals surface area (Å²) in [5.41, 5.74) is 1.45. The molecule has 0 aliphatic carbocycles. The summed E-state index contributed by atoms with van der Waals surface area (Å²) in [6.07, 6.45) is -1.57. The van der Waals surface area contributed by atoms with Gasteiger partial charge in [-0.2, -0.15) is 9.57 Å². The van der Waals surface area contributed by atoms with E-state index in [4.69, 9.17) is 5.26 Å². The van der Waals surface area contributed by atoms with E-state index in [-0.39, 0.29) is 26.9 Å². The zero-order valence-corrected chi connectivity index (χ0v) is 17.8. The first-order valence-corrected chi connectivity index (χ1v) is 10.8. The van der Waals surface area contributed by atoms with Crippen LogP contribution in [0.5, 0.6) is 5.75 Å². The first kappa shape index (κ1) is 23.0. The molecule has 3 rings (SSSR count). The van der Waals surface area contributed by atoms with Crippen molar-refractivity contribution in [2.75, 3.05) is 9.62 Å². The van der Waals surface area contributed by atoms with Crippen molar-refractivity contribution in [3.8, 4) is 11.8 Å². The predicted octanol–water partition coefficient (Wildman–Crippen LogP) is 4.14. The summed E-state index contributed by atoms with van der Waals surface area (Å²) in [6.45, 7) is 1.51. The van der Waals surface area contributed by atoms with E-state index in [0.29, 0.717) is 0 Å². The smallest absolute Gasteiger partial charge is 0.403 e. The first-order chi connectivity index (χ1) is 15.2. The van der Waals surface area contributed by atoms with Gasteiger partial charge in [-0.05, 0) is 25.1 Å². The molecule has 0 saturated heterocycles. The summed E-state index contributed by atoms with van der Waals surface area (Å²) >= 11 is 0.995. The Balaban J connectivity index is 1.82. The zero-order valence-electron chi connectivity index (χ0n) is 16.1. The number of amides is 1. The van der Waals surface area contributed by atoms with E-state index in [1.165, 1.54) is 29.9 Å². The highest BCUT2D eigenvalue weighted by Crippen LogP contribution is 2.30. The number of nitrogens with one attached hydrogen (secondary N) is 1. The van der Waals surface area contributed by atoms with Crippen molar-refractivity contribution in [2.24, 2.45) is 0 Å². The highest BCUT2D eigenvalue weighted by atomic mass is 32.2. The molecule has 8 nitrogen and oxygen atoms in total. The molecule has 32 heavy (non-hydrogen) atoms. The van der Waals surface area contributed by atoms with E-state index < -0.39 is 46.2 Å². The first-order valence-electron chi connectivity index (χ1n) is 8.70. The Morgan fingerprint density at radius 3 is 2.47 bits per heavy atom. The van der Waals surface area contributed by atoms with Crippen LogP contribution in [0.25, 0.3) is 0 Å². The van der Waals surface area contributed by atoms with Gasteiger partial charge in [-0.3, -0.25) is 0 Å². The van der Waals surface area contributed by atoms with E-state index in [2.05, 4.69) is 15.0 Å². The van der Waals surface area contributed by atoms with Crippen LogP contribution < -0.4 is 14.4 Å². The monoisotopic (exact) mass is 482 g/mol. The van der Waals surface area contributed by atoms with Crippen LogP contribution in [-0.4, -0.2) is 19.5 Å². The molecule has 0 aliphatic heterocycles. The van der Waals surface area contributed by atoms with Gasteiger partial charge < -0.3 is 10.1 Å². The molecule has 1 aromatic heterocycles. The Labute approximate surface area is 185 Å². The third kappa shape index (κ3) is 4.98. The quantitative estimate of drug-likeness (QED) is 0.508. The fraction of sp³-hybridized carbons (Fsp3) is 0.105. The number of hydrogen-bond acceptors (Lipinski definition) is 8. The van der Waals surface area contributed by atoms with Crippen molar-refractivity contribution in [3.63, 3.8) is 0 Å². The maximum absolute atomic E-state index is 14.5.